The first kappa shape index (κ1) is 14.9. The fraction of sp³-hybridized carbons (Fsp3) is 0.133. The quantitative estimate of drug-likeness (QED) is 0.813. The van der Waals surface area contributed by atoms with Gasteiger partial charge >= 0.3 is 0 Å². The molecule has 2 aromatic rings. The van der Waals surface area contributed by atoms with Gasteiger partial charge in [-0.3, -0.25) is 4.79 Å². The van der Waals surface area contributed by atoms with E-state index in [-0.39, 0.29) is 11.9 Å². The van der Waals surface area contributed by atoms with Gasteiger partial charge in [0.15, 0.2) is 0 Å². The summed E-state index contributed by atoms with van der Waals surface area (Å²) in [5.41, 5.74) is 7.87. The van der Waals surface area contributed by atoms with E-state index in [1.165, 1.54) is 0 Å². The van der Waals surface area contributed by atoms with Gasteiger partial charge in [-0.1, -0.05) is 23.7 Å². The van der Waals surface area contributed by atoms with Gasteiger partial charge in [0.25, 0.3) is 5.91 Å². The van der Waals surface area contributed by atoms with Crippen LogP contribution in [0.1, 0.15) is 28.9 Å². The number of amides is 1. The molecule has 1 amide bonds. The molecule has 0 aliphatic rings. The molecule has 3 nitrogen and oxygen atoms in total. The number of hydrogen-bond acceptors (Lipinski definition) is 2. The Hall–Kier alpha value is -1.52. The molecule has 0 unspecified atom stereocenters. The number of anilines is 1. The Morgan fingerprint density at radius 1 is 1.25 bits per heavy atom. The predicted octanol–water partition coefficient (Wildman–Crippen LogP) is 4.18. The average molecular weight is 354 g/mol. The summed E-state index contributed by atoms with van der Waals surface area (Å²) in [6, 6.07) is 12.4. The van der Waals surface area contributed by atoms with E-state index in [2.05, 4.69) is 21.2 Å². The van der Waals surface area contributed by atoms with Gasteiger partial charge in [0, 0.05) is 20.7 Å². The van der Waals surface area contributed by atoms with Crippen molar-refractivity contribution in [3.05, 3.63) is 63.1 Å². The largest absolute Gasteiger partial charge is 0.398 e. The predicted molar refractivity (Wildman–Crippen MR) is 85.9 cm³/mol. The van der Waals surface area contributed by atoms with Gasteiger partial charge in [-0.2, -0.15) is 0 Å². The molecule has 0 saturated carbocycles. The number of rotatable bonds is 3. The van der Waals surface area contributed by atoms with Crippen LogP contribution in [0.3, 0.4) is 0 Å². The monoisotopic (exact) mass is 352 g/mol. The fourth-order valence-corrected chi connectivity index (χ4v) is 2.29. The summed E-state index contributed by atoms with van der Waals surface area (Å²) >= 11 is 9.16. The molecular weight excluding hydrogens is 340 g/mol. The van der Waals surface area contributed by atoms with Crippen LogP contribution in [-0.2, 0) is 0 Å². The van der Waals surface area contributed by atoms with E-state index in [9.17, 15) is 4.79 Å². The van der Waals surface area contributed by atoms with E-state index in [0.29, 0.717) is 20.7 Å². The van der Waals surface area contributed by atoms with Crippen molar-refractivity contribution in [3.63, 3.8) is 0 Å². The molecule has 0 radical (unpaired) electrons. The zero-order valence-corrected chi connectivity index (χ0v) is 13.2. The lowest BCUT2D eigenvalue weighted by molar-refractivity contribution is 0.0940. The summed E-state index contributed by atoms with van der Waals surface area (Å²) < 4.78 is 0.712. The molecule has 0 saturated heterocycles. The Balaban J connectivity index is 2.10. The molecule has 0 fully saturated rings. The van der Waals surface area contributed by atoms with Gasteiger partial charge in [0.05, 0.1) is 6.04 Å². The molecule has 3 N–H and O–H groups in total. The molecule has 0 bridgehead atoms. The summed E-state index contributed by atoms with van der Waals surface area (Å²) in [5.74, 6) is -0.145. The van der Waals surface area contributed by atoms with Crippen LogP contribution in [-0.4, -0.2) is 5.91 Å². The second-order valence-corrected chi connectivity index (χ2v) is 5.77. The van der Waals surface area contributed by atoms with Crippen LogP contribution >= 0.6 is 27.5 Å². The summed E-state index contributed by atoms with van der Waals surface area (Å²) in [5, 5.41) is 3.61. The van der Waals surface area contributed by atoms with Crippen molar-refractivity contribution in [2.75, 3.05) is 5.73 Å². The van der Waals surface area contributed by atoms with Crippen molar-refractivity contribution in [3.8, 4) is 0 Å². The van der Waals surface area contributed by atoms with Gasteiger partial charge in [-0.05, 0) is 58.7 Å². The summed E-state index contributed by atoms with van der Waals surface area (Å²) in [6.45, 7) is 1.92. The topological polar surface area (TPSA) is 55.1 Å². The number of nitrogens with two attached hydrogens (primary N) is 1. The second-order valence-electron chi connectivity index (χ2n) is 4.48. The lowest BCUT2D eigenvalue weighted by atomic mass is 10.1. The van der Waals surface area contributed by atoms with Gasteiger partial charge in [-0.25, -0.2) is 0 Å². The molecule has 0 aromatic heterocycles. The lowest BCUT2D eigenvalue weighted by Gasteiger charge is -2.15. The number of halogens is 2. The molecule has 0 heterocycles. The minimum absolute atomic E-state index is 0.101. The normalized spacial score (nSPS) is 11.9. The highest BCUT2D eigenvalue weighted by Gasteiger charge is 2.12. The Bertz CT molecular complexity index is 628. The minimum Gasteiger partial charge on any atom is -0.398 e. The van der Waals surface area contributed by atoms with Gasteiger partial charge in [-0.15, -0.1) is 0 Å². The van der Waals surface area contributed by atoms with Crippen LogP contribution in [0.15, 0.2) is 46.9 Å². The van der Waals surface area contributed by atoms with Crippen LogP contribution in [0.5, 0.6) is 0 Å². The summed E-state index contributed by atoms with van der Waals surface area (Å²) in [7, 11) is 0. The number of carbonyl (C=O) groups excluding carboxylic acids is 1. The number of hydrogen-bond donors (Lipinski definition) is 2. The SMILES string of the molecule is C[C@H](NC(=O)c1ccc(N)c(Br)c1)c1ccc(Cl)cc1. The van der Waals surface area contributed by atoms with Crippen molar-refractivity contribution in [1.29, 1.82) is 0 Å². The molecule has 20 heavy (non-hydrogen) atoms. The average Bonchev–Trinajstić information content (AvgIpc) is 2.42. The van der Waals surface area contributed by atoms with Crippen molar-refractivity contribution < 1.29 is 4.79 Å². The highest BCUT2D eigenvalue weighted by Crippen LogP contribution is 2.21. The smallest absolute Gasteiger partial charge is 0.251 e. The third kappa shape index (κ3) is 3.52. The Morgan fingerprint density at radius 2 is 1.90 bits per heavy atom. The van der Waals surface area contributed by atoms with E-state index in [1.807, 2.05) is 19.1 Å². The second kappa shape index (κ2) is 6.29. The third-order valence-corrected chi connectivity index (χ3v) is 3.92. The first-order valence-electron chi connectivity index (χ1n) is 6.08. The molecule has 1 atom stereocenters. The van der Waals surface area contributed by atoms with E-state index in [0.717, 1.165) is 5.56 Å². The van der Waals surface area contributed by atoms with E-state index >= 15 is 0 Å². The molecule has 104 valence electrons. The summed E-state index contributed by atoms with van der Waals surface area (Å²) in [6.07, 6.45) is 0. The zero-order valence-electron chi connectivity index (χ0n) is 10.9. The van der Waals surface area contributed by atoms with E-state index in [4.69, 9.17) is 17.3 Å². The molecule has 0 aliphatic heterocycles. The Kier molecular flexibility index (Phi) is 4.68. The molecule has 0 aliphatic carbocycles. The molecule has 2 rings (SSSR count). The molecule has 5 heteroatoms. The summed E-state index contributed by atoms with van der Waals surface area (Å²) in [4.78, 5) is 12.2. The van der Waals surface area contributed by atoms with E-state index < -0.39 is 0 Å². The Labute approximate surface area is 131 Å². The van der Waals surface area contributed by atoms with Crippen LogP contribution in [0.2, 0.25) is 5.02 Å². The van der Waals surface area contributed by atoms with Gasteiger partial charge in [0.1, 0.15) is 0 Å². The lowest BCUT2D eigenvalue weighted by Crippen LogP contribution is -2.26. The standard InChI is InChI=1S/C15H14BrClN2O/c1-9(10-2-5-12(17)6-3-10)19-15(20)11-4-7-14(18)13(16)8-11/h2-9H,18H2,1H3,(H,19,20)/t9-/m0/s1. The first-order chi connectivity index (χ1) is 9.47. The van der Waals surface area contributed by atoms with E-state index in [1.54, 1.807) is 30.3 Å². The molecular formula is C15H14BrClN2O. The first-order valence-corrected chi connectivity index (χ1v) is 7.26. The van der Waals surface area contributed by atoms with Gasteiger partial charge < -0.3 is 11.1 Å². The molecule has 0 spiro atoms. The van der Waals surface area contributed by atoms with Crippen molar-refractivity contribution >= 4 is 39.1 Å². The zero-order chi connectivity index (χ0) is 14.7. The maximum absolute atomic E-state index is 12.2. The fourth-order valence-electron chi connectivity index (χ4n) is 1.78. The third-order valence-electron chi connectivity index (χ3n) is 2.98. The maximum atomic E-state index is 12.2. The number of nitrogens with one attached hydrogen (secondary N) is 1. The maximum Gasteiger partial charge on any atom is 0.251 e. The van der Waals surface area contributed by atoms with Crippen LogP contribution < -0.4 is 11.1 Å². The van der Waals surface area contributed by atoms with Crippen LogP contribution in [0, 0.1) is 0 Å². The van der Waals surface area contributed by atoms with Crippen molar-refractivity contribution in [2.45, 2.75) is 13.0 Å². The Morgan fingerprint density at radius 3 is 2.50 bits per heavy atom. The number of nitrogen functional groups attached to an aromatic ring is 1. The highest BCUT2D eigenvalue weighted by atomic mass is 79.9. The van der Waals surface area contributed by atoms with Crippen molar-refractivity contribution in [2.24, 2.45) is 0 Å². The van der Waals surface area contributed by atoms with Crippen LogP contribution in [0.4, 0.5) is 5.69 Å². The number of benzene rings is 2. The minimum atomic E-state index is -0.145. The van der Waals surface area contributed by atoms with Gasteiger partial charge in [0.2, 0.25) is 0 Å². The number of carbonyl (C=O) groups is 1. The van der Waals surface area contributed by atoms with Crippen molar-refractivity contribution in [1.82, 2.24) is 5.32 Å². The van der Waals surface area contributed by atoms with Crippen LogP contribution in [0.25, 0.3) is 0 Å². The highest BCUT2D eigenvalue weighted by molar-refractivity contribution is 9.10. The molecule has 2 aromatic carbocycles.